The molecule has 0 amide bonds. The number of aliphatic hydroxyl groups excluding tert-OH is 1. The van der Waals surface area contributed by atoms with Gasteiger partial charge in [-0.2, -0.15) is 0 Å². The molecule has 0 radical (unpaired) electrons. The summed E-state index contributed by atoms with van der Waals surface area (Å²) in [5.41, 5.74) is 3.75. The number of ether oxygens (including phenoxy) is 1. The van der Waals surface area contributed by atoms with E-state index in [0.29, 0.717) is 29.8 Å². The molecule has 140 valence electrons. The van der Waals surface area contributed by atoms with E-state index in [1.54, 1.807) is 5.57 Å². The van der Waals surface area contributed by atoms with Crippen LogP contribution in [0, 0.1) is 34.5 Å². The first kappa shape index (κ1) is 17.8. The van der Waals surface area contributed by atoms with Crippen LogP contribution in [0.1, 0.15) is 65.2 Å². The molecule has 7 atom stereocenters. The van der Waals surface area contributed by atoms with E-state index in [2.05, 4.69) is 26.5 Å². The van der Waals surface area contributed by atoms with Gasteiger partial charge >= 0.3 is 0 Å². The Labute approximate surface area is 153 Å². The van der Waals surface area contributed by atoms with Gasteiger partial charge in [-0.1, -0.05) is 37.6 Å². The van der Waals surface area contributed by atoms with Gasteiger partial charge in [-0.25, -0.2) is 0 Å². The number of aliphatic hydroxyl groups is 1. The minimum absolute atomic E-state index is 0.235. The third-order valence-corrected chi connectivity index (χ3v) is 8.75. The Balaban J connectivity index is 1.60. The van der Waals surface area contributed by atoms with E-state index in [4.69, 9.17) is 4.74 Å². The fraction of sp³-hybridized carbons (Fsp3) is 0.826. The first-order chi connectivity index (χ1) is 12.0. The quantitative estimate of drug-likeness (QED) is 0.701. The number of fused-ring (bicyclic) bond motifs is 2. The van der Waals surface area contributed by atoms with Crippen molar-refractivity contribution in [1.29, 1.82) is 0 Å². The highest BCUT2D eigenvalue weighted by atomic mass is 16.5. The zero-order valence-electron chi connectivity index (χ0n) is 16.4. The van der Waals surface area contributed by atoms with Crippen LogP contribution in [0.5, 0.6) is 0 Å². The first-order valence-corrected chi connectivity index (χ1v) is 10.5. The van der Waals surface area contributed by atoms with Crippen LogP contribution < -0.4 is 0 Å². The standard InChI is InChI=1S/C23H36O2/c1-15(14-24)19-9-10-20-17(6-5-11-22(19,20)3)12-21(25-4)23-13-18(23)8-7-16(23)2/h12,15,18-21,24H,2,5-11,13-14H2,1,3-4H3/b17-12+/t15-,18-,19-,20+,21+,22-,23+/m1/s1. The lowest BCUT2D eigenvalue weighted by atomic mass is 9.61. The normalized spacial score (nSPS) is 46.8. The predicted octanol–water partition coefficient (Wildman–Crippen LogP) is 5.13. The molecule has 4 saturated carbocycles. The van der Waals surface area contributed by atoms with Gasteiger partial charge in [0.2, 0.25) is 0 Å². The zero-order chi connectivity index (χ0) is 17.8. The SMILES string of the molecule is C=C1CC[C@@H]2C[C@]12[C@H](/C=C1\CCC[C@]2(C)[C@@H]([C@H](C)CO)CC[C@@H]12)OC. The second-order valence-electron chi connectivity index (χ2n) is 9.74. The summed E-state index contributed by atoms with van der Waals surface area (Å²) in [7, 11) is 1.89. The maximum atomic E-state index is 9.72. The Morgan fingerprint density at radius 3 is 2.72 bits per heavy atom. The summed E-state index contributed by atoms with van der Waals surface area (Å²) in [6.07, 6.45) is 13.0. The monoisotopic (exact) mass is 344 g/mol. The highest BCUT2D eigenvalue weighted by Crippen LogP contribution is 2.69. The van der Waals surface area contributed by atoms with Crippen LogP contribution in [-0.2, 0) is 4.74 Å². The van der Waals surface area contributed by atoms with Crippen molar-refractivity contribution >= 4 is 0 Å². The lowest BCUT2D eigenvalue weighted by molar-refractivity contribution is 0.0640. The van der Waals surface area contributed by atoms with Gasteiger partial charge in [0.25, 0.3) is 0 Å². The maximum absolute atomic E-state index is 9.72. The molecule has 0 bridgehead atoms. The minimum Gasteiger partial charge on any atom is -0.396 e. The van der Waals surface area contributed by atoms with E-state index in [-0.39, 0.29) is 11.5 Å². The van der Waals surface area contributed by atoms with Gasteiger partial charge in [0.15, 0.2) is 0 Å². The molecule has 0 spiro atoms. The second-order valence-corrected chi connectivity index (χ2v) is 9.74. The fourth-order valence-corrected chi connectivity index (χ4v) is 7.24. The van der Waals surface area contributed by atoms with Crippen LogP contribution in [0.15, 0.2) is 23.8 Å². The molecule has 4 fully saturated rings. The molecular weight excluding hydrogens is 308 g/mol. The number of hydrogen-bond acceptors (Lipinski definition) is 2. The van der Waals surface area contributed by atoms with Crippen molar-refractivity contribution in [3.8, 4) is 0 Å². The molecule has 0 aromatic heterocycles. The summed E-state index contributed by atoms with van der Waals surface area (Å²) in [6.45, 7) is 9.47. The minimum atomic E-state index is 0.235. The van der Waals surface area contributed by atoms with Gasteiger partial charge in [-0.15, -0.1) is 0 Å². The summed E-state index contributed by atoms with van der Waals surface area (Å²) < 4.78 is 6.05. The molecule has 0 aromatic rings. The van der Waals surface area contributed by atoms with Gasteiger partial charge in [-0.3, -0.25) is 0 Å². The summed E-state index contributed by atoms with van der Waals surface area (Å²) >= 11 is 0. The highest BCUT2D eigenvalue weighted by Gasteiger charge is 2.63. The van der Waals surface area contributed by atoms with E-state index in [1.165, 1.54) is 56.9 Å². The number of methoxy groups -OCH3 is 1. The van der Waals surface area contributed by atoms with Crippen molar-refractivity contribution < 1.29 is 9.84 Å². The topological polar surface area (TPSA) is 29.5 Å². The molecule has 0 saturated heterocycles. The Kier molecular flexibility index (Phi) is 4.44. The lowest BCUT2D eigenvalue weighted by Crippen LogP contribution is -2.37. The van der Waals surface area contributed by atoms with E-state index in [1.807, 2.05) is 7.11 Å². The second kappa shape index (κ2) is 6.23. The van der Waals surface area contributed by atoms with E-state index in [9.17, 15) is 5.11 Å². The molecule has 4 aliphatic carbocycles. The van der Waals surface area contributed by atoms with Gasteiger partial charge in [0.05, 0.1) is 6.10 Å². The molecule has 2 heteroatoms. The van der Waals surface area contributed by atoms with E-state index >= 15 is 0 Å². The predicted molar refractivity (Wildman–Crippen MR) is 102 cm³/mol. The van der Waals surface area contributed by atoms with Crippen molar-refractivity contribution in [2.24, 2.45) is 34.5 Å². The Bertz CT molecular complexity index is 579. The van der Waals surface area contributed by atoms with Crippen LogP contribution in [0.25, 0.3) is 0 Å². The van der Waals surface area contributed by atoms with Crippen molar-refractivity contribution in [3.63, 3.8) is 0 Å². The summed E-state index contributed by atoms with van der Waals surface area (Å²) in [5.74, 6) is 2.61. The van der Waals surface area contributed by atoms with Gasteiger partial charge in [-0.05, 0) is 80.5 Å². The molecule has 0 aliphatic heterocycles. The van der Waals surface area contributed by atoms with Crippen LogP contribution >= 0.6 is 0 Å². The molecule has 0 heterocycles. The first-order valence-electron chi connectivity index (χ1n) is 10.5. The van der Waals surface area contributed by atoms with Crippen LogP contribution in [0.2, 0.25) is 0 Å². The van der Waals surface area contributed by atoms with Crippen molar-refractivity contribution in [2.45, 2.75) is 71.3 Å². The highest BCUT2D eigenvalue weighted by molar-refractivity contribution is 5.35. The van der Waals surface area contributed by atoms with Crippen molar-refractivity contribution in [1.82, 2.24) is 0 Å². The average molecular weight is 345 g/mol. The third-order valence-electron chi connectivity index (χ3n) is 8.75. The Morgan fingerprint density at radius 2 is 2.12 bits per heavy atom. The van der Waals surface area contributed by atoms with Crippen LogP contribution in [-0.4, -0.2) is 24.9 Å². The maximum Gasteiger partial charge on any atom is 0.0850 e. The largest absolute Gasteiger partial charge is 0.396 e. The van der Waals surface area contributed by atoms with Crippen molar-refractivity contribution in [2.75, 3.05) is 13.7 Å². The molecule has 0 unspecified atom stereocenters. The molecule has 4 aliphatic rings. The Morgan fingerprint density at radius 1 is 1.32 bits per heavy atom. The Hall–Kier alpha value is -0.600. The van der Waals surface area contributed by atoms with Crippen LogP contribution in [0.3, 0.4) is 0 Å². The molecule has 4 rings (SSSR count). The van der Waals surface area contributed by atoms with Gasteiger partial charge in [0, 0.05) is 19.1 Å². The van der Waals surface area contributed by atoms with E-state index in [0.717, 1.165) is 5.92 Å². The summed E-state index contributed by atoms with van der Waals surface area (Å²) in [4.78, 5) is 0. The molecular formula is C23H36O2. The molecule has 1 N–H and O–H groups in total. The number of hydrogen-bond donors (Lipinski definition) is 1. The third kappa shape index (κ3) is 2.51. The summed E-state index contributed by atoms with van der Waals surface area (Å²) in [5, 5.41) is 9.72. The number of rotatable bonds is 5. The fourth-order valence-electron chi connectivity index (χ4n) is 7.24. The molecule has 0 aromatic carbocycles. The van der Waals surface area contributed by atoms with Gasteiger partial charge < -0.3 is 9.84 Å². The van der Waals surface area contributed by atoms with Gasteiger partial charge in [0.1, 0.15) is 0 Å². The number of allylic oxidation sites excluding steroid dienone is 1. The van der Waals surface area contributed by atoms with E-state index < -0.39 is 0 Å². The van der Waals surface area contributed by atoms with Crippen LogP contribution in [0.4, 0.5) is 0 Å². The van der Waals surface area contributed by atoms with Crippen molar-refractivity contribution in [3.05, 3.63) is 23.8 Å². The molecule has 2 nitrogen and oxygen atoms in total. The molecule has 25 heavy (non-hydrogen) atoms. The zero-order valence-corrected chi connectivity index (χ0v) is 16.4. The average Bonchev–Trinajstić information content (AvgIpc) is 3.11. The lowest BCUT2D eigenvalue weighted by Gasteiger charge is -2.44. The smallest absolute Gasteiger partial charge is 0.0850 e. The summed E-state index contributed by atoms with van der Waals surface area (Å²) in [6, 6.07) is 0.